The summed E-state index contributed by atoms with van der Waals surface area (Å²) in [4.78, 5) is 1.24. The van der Waals surface area contributed by atoms with E-state index in [-0.39, 0.29) is 6.04 Å². The van der Waals surface area contributed by atoms with E-state index in [9.17, 15) is 0 Å². The second kappa shape index (κ2) is 7.12. The van der Waals surface area contributed by atoms with Crippen LogP contribution in [-0.4, -0.2) is 21.6 Å². The van der Waals surface area contributed by atoms with Crippen LogP contribution in [0, 0.1) is 0 Å². The summed E-state index contributed by atoms with van der Waals surface area (Å²) in [6, 6.07) is 8.45. The number of nitrogens with two attached hydrogens (primary N) is 1. The lowest BCUT2D eigenvalue weighted by molar-refractivity contribution is 0.658. The fraction of sp³-hybridized carbons (Fsp3) is 0.357. The molecule has 102 valence electrons. The maximum absolute atomic E-state index is 6.17. The lowest BCUT2D eigenvalue weighted by Gasteiger charge is -2.10. The van der Waals surface area contributed by atoms with Crippen molar-refractivity contribution >= 4 is 27.7 Å². The van der Waals surface area contributed by atoms with Crippen LogP contribution in [0.25, 0.3) is 0 Å². The number of benzene rings is 1. The first kappa shape index (κ1) is 14.6. The second-order valence-electron chi connectivity index (χ2n) is 4.44. The number of aryl methyl sites for hydroxylation is 1. The Labute approximate surface area is 126 Å². The minimum Gasteiger partial charge on any atom is -0.327 e. The van der Waals surface area contributed by atoms with Crippen LogP contribution in [0.4, 0.5) is 0 Å². The molecule has 0 aliphatic carbocycles. The predicted octanol–water partition coefficient (Wildman–Crippen LogP) is 3.33. The van der Waals surface area contributed by atoms with Crippen LogP contribution in [-0.2, 0) is 13.0 Å². The summed E-state index contributed by atoms with van der Waals surface area (Å²) in [6.07, 6.45) is 4.86. The van der Waals surface area contributed by atoms with Gasteiger partial charge >= 0.3 is 0 Å². The van der Waals surface area contributed by atoms with Crippen LogP contribution in [0.5, 0.6) is 0 Å². The van der Waals surface area contributed by atoms with Gasteiger partial charge in [-0.1, -0.05) is 22.0 Å². The molecule has 1 heterocycles. The number of hydrogen-bond donors (Lipinski definition) is 1. The van der Waals surface area contributed by atoms with E-state index in [1.807, 2.05) is 23.0 Å². The Morgan fingerprint density at radius 2 is 2.32 bits per heavy atom. The van der Waals surface area contributed by atoms with Crippen molar-refractivity contribution in [3.8, 4) is 0 Å². The van der Waals surface area contributed by atoms with E-state index in [1.165, 1.54) is 10.5 Å². The number of rotatable bonds is 6. The molecule has 0 saturated heterocycles. The summed E-state index contributed by atoms with van der Waals surface area (Å²) in [7, 11) is 0. The van der Waals surface area contributed by atoms with E-state index < -0.39 is 0 Å². The molecule has 1 aromatic heterocycles. The van der Waals surface area contributed by atoms with Crippen LogP contribution in [0.3, 0.4) is 0 Å². The third kappa shape index (κ3) is 4.67. The minimum atomic E-state index is 0.151. The summed E-state index contributed by atoms with van der Waals surface area (Å²) in [5, 5.41) is 4.27. The summed E-state index contributed by atoms with van der Waals surface area (Å²) in [5.41, 5.74) is 7.38. The van der Waals surface area contributed by atoms with E-state index >= 15 is 0 Å². The molecule has 0 aliphatic heterocycles. The molecule has 2 aromatic rings. The Hall–Kier alpha value is -0.780. The molecule has 0 saturated carbocycles. The predicted molar refractivity (Wildman–Crippen MR) is 84.4 cm³/mol. The number of aromatic nitrogens is 2. The highest BCUT2D eigenvalue weighted by molar-refractivity contribution is 9.10. The third-order valence-corrected chi connectivity index (χ3v) is 4.44. The van der Waals surface area contributed by atoms with Gasteiger partial charge in [-0.05, 0) is 37.1 Å². The Bertz CT molecular complexity index is 527. The molecule has 3 nitrogen and oxygen atoms in total. The van der Waals surface area contributed by atoms with Crippen molar-refractivity contribution in [1.82, 2.24) is 9.78 Å². The molecule has 0 spiro atoms. The quantitative estimate of drug-likeness (QED) is 0.821. The zero-order chi connectivity index (χ0) is 13.7. The maximum Gasteiger partial charge on any atom is 0.0522 e. The van der Waals surface area contributed by atoms with Gasteiger partial charge in [0.2, 0.25) is 0 Å². The molecule has 0 aliphatic rings. The Morgan fingerprint density at radius 1 is 1.47 bits per heavy atom. The Kier molecular flexibility index (Phi) is 5.48. The first-order valence-corrected chi connectivity index (χ1v) is 8.10. The van der Waals surface area contributed by atoms with Crippen LogP contribution in [0.15, 0.2) is 46.0 Å². The first-order chi connectivity index (χ1) is 9.17. The van der Waals surface area contributed by atoms with E-state index in [0.29, 0.717) is 0 Å². The van der Waals surface area contributed by atoms with Gasteiger partial charge in [0, 0.05) is 33.9 Å². The number of hydrogen-bond acceptors (Lipinski definition) is 3. The van der Waals surface area contributed by atoms with Gasteiger partial charge in [0.1, 0.15) is 0 Å². The molecule has 1 aromatic carbocycles. The number of halogens is 1. The van der Waals surface area contributed by atoms with E-state index in [1.54, 1.807) is 11.8 Å². The molecule has 0 fully saturated rings. The highest BCUT2D eigenvalue weighted by Gasteiger charge is 2.07. The van der Waals surface area contributed by atoms with Crippen molar-refractivity contribution in [2.45, 2.75) is 30.8 Å². The highest BCUT2D eigenvalue weighted by atomic mass is 79.9. The number of nitrogens with zero attached hydrogens (tertiary/aromatic N) is 2. The van der Waals surface area contributed by atoms with Crippen LogP contribution in [0.2, 0.25) is 0 Å². The van der Waals surface area contributed by atoms with Crippen molar-refractivity contribution < 1.29 is 0 Å². The SMILES string of the molecule is CCn1cc(CC(N)CSc2cccc(Br)c2)cn1. The Balaban J connectivity index is 1.82. The van der Waals surface area contributed by atoms with E-state index in [0.717, 1.165) is 23.2 Å². The first-order valence-electron chi connectivity index (χ1n) is 6.32. The Morgan fingerprint density at radius 3 is 3.00 bits per heavy atom. The lowest BCUT2D eigenvalue weighted by atomic mass is 10.1. The van der Waals surface area contributed by atoms with Gasteiger partial charge in [-0.15, -0.1) is 11.8 Å². The molecule has 2 rings (SSSR count). The topological polar surface area (TPSA) is 43.8 Å². The monoisotopic (exact) mass is 339 g/mol. The van der Waals surface area contributed by atoms with E-state index in [2.05, 4.69) is 46.3 Å². The molecule has 1 atom stereocenters. The van der Waals surface area contributed by atoms with Gasteiger partial charge in [-0.25, -0.2) is 0 Å². The average molecular weight is 340 g/mol. The average Bonchev–Trinajstić information content (AvgIpc) is 2.84. The lowest BCUT2D eigenvalue weighted by Crippen LogP contribution is -2.25. The van der Waals surface area contributed by atoms with Crippen LogP contribution < -0.4 is 5.73 Å². The van der Waals surface area contributed by atoms with Crippen molar-refractivity contribution in [2.75, 3.05) is 5.75 Å². The zero-order valence-electron chi connectivity index (χ0n) is 10.9. The van der Waals surface area contributed by atoms with Crippen molar-refractivity contribution in [1.29, 1.82) is 0 Å². The van der Waals surface area contributed by atoms with Gasteiger partial charge in [-0.3, -0.25) is 4.68 Å². The molecule has 1 unspecified atom stereocenters. The molecule has 2 N–H and O–H groups in total. The molecule has 0 amide bonds. The number of thioether (sulfide) groups is 1. The van der Waals surface area contributed by atoms with Crippen LogP contribution >= 0.6 is 27.7 Å². The van der Waals surface area contributed by atoms with Gasteiger partial charge in [-0.2, -0.15) is 5.10 Å². The van der Waals surface area contributed by atoms with Crippen molar-refractivity contribution in [2.24, 2.45) is 5.73 Å². The standard InChI is InChI=1S/C14H18BrN3S/c1-2-18-9-11(8-17-18)6-13(16)10-19-14-5-3-4-12(15)7-14/h3-5,7-9,13H,2,6,10,16H2,1H3. The molecular weight excluding hydrogens is 322 g/mol. The largest absolute Gasteiger partial charge is 0.327 e. The third-order valence-electron chi connectivity index (χ3n) is 2.77. The molecule has 0 radical (unpaired) electrons. The van der Waals surface area contributed by atoms with Gasteiger partial charge in [0.05, 0.1) is 6.20 Å². The maximum atomic E-state index is 6.17. The summed E-state index contributed by atoms with van der Waals surface area (Å²) >= 11 is 5.27. The highest BCUT2D eigenvalue weighted by Crippen LogP contribution is 2.22. The fourth-order valence-corrected chi connectivity index (χ4v) is 3.27. The van der Waals surface area contributed by atoms with Gasteiger partial charge in [0.25, 0.3) is 0 Å². The molecule has 19 heavy (non-hydrogen) atoms. The summed E-state index contributed by atoms with van der Waals surface area (Å²) < 4.78 is 3.04. The van der Waals surface area contributed by atoms with Crippen molar-refractivity contribution in [3.05, 3.63) is 46.7 Å². The smallest absolute Gasteiger partial charge is 0.0522 e. The van der Waals surface area contributed by atoms with Crippen LogP contribution in [0.1, 0.15) is 12.5 Å². The van der Waals surface area contributed by atoms with Gasteiger partial charge in [0.15, 0.2) is 0 Å². The summed E-state index contributed by atoms with van der Waals surface area (Å²) in [6.45, 7) is 2.99. The van der Waals surface area contributed by atoms with E-state index in [4.69, 9.17) is 5.73 Å². The van der Waals surface area contributed by atoms with Gasteiger partial charge < -0.3 is 5.73 Å². The molecule has 0 bridgehead atoms. The van der Waals surface area contributed by atoms with Crippen molar-refractivity contribution in [3.63, 3.8) is 0 Å². The molecular formula is C14H18BrN3S. The minimum absolute atomic E-state index is 0.151. The zero-order valence-corrected chi connectivity index (χ0v) is 13.3. The fourth-order valence-electron chi connectivity index (χ4n) is 1.81. The molecule has 5 heteroatoms. The normalized spacial score (nSPS) is 12.6. The summed E-state index contributed by atoms with van der Waals surface area (Å²) in [5.74, 6) is 0.910. The second-order valence-corrected chi connectivity index (χ2v) is 6.45.